The van der Waals surface area contributed by atoms with E-state index < -0.39 is 0 Å². The third-order valence-corrected chi connectivity index (χ3v) is 2.67. The van der Waals surface area contributed by atoms with Gasteiger partial charge in [-0.05, 0) is 11.3 Å². The molecule has 0 aliphatic carbocycles. The average Bonchev–Trinajstić information content (AvgIpc) is 2.11. The molecule has 0 aromatic rings. The molecule has 98 valence electrons. The van der Waals surface area contributed by atoms with E-state index in [9.17, 15) is 5.11 Å². The molecule has 0 fully saturated rings. The van der Waals surface area contributed by atoms with Crippen LogP contribution in [0.5, 0.6) is 0 Å². The number of methoxy groups -OCH3 is 1. The van der Waals surface area contributed by atoms with Crippen LogP contribution in [0.25, 0.3) is 0 Å². The normalized spacial score (nSPS) is 14.8. The van der Waals surface area contributed by atoms with Crippen molar-refractivity contribution in [1.82, 2.24) is 4.90 Å². The molecule has 0 saturated carbocycles. The summed E-state index contributed by atoms with van der Waals surface area (Å²) in [7, 11) is 1.72. The Hall–Kier alpha value is -0.120. The van der Waals surface area contributed by atoms with E-state index in [2.05, 4.69) is 39.5 Å². The van der Waals surface area contributed by atoms with E-state index in [1.54, 1.807) is 7.11 Å². The van der Waals surface area contributed by atoms with Crippen molar-refractivity contribution in [3.05, 3.63) is 0 Å². The Labute approximate surface area is 101 Å². The van der Waals surface area contributed by atoms with Gasteiger partial charge in [0.1, 0.15) is 0 Å². The van der Waals surface area contributed by atoms with E-state index in [0.29, 0.717) is 5.92 Å². The molecule has 0 saturated heterocycles. The van der Waals surface area contributed by atoms with Gasteiger partial charge in [0.05, 0.1) is 12.7 Å². The molecule has 0 aromatic heterocycles. The van der Waals surface area contributed by atoms with Gasteiger partial charge in [-0.1, -0.05) is 34.6 Å². The summed E-state index contributed by atoms with van der Waals surface area (Å²) in [6.07, 6.45) is -0.289. The molecular formula is C13H29NO2. The molecule has 1 atom stereocenters. The largest absolute Gasteiger partial charge is 0.391 e. The minimum Gasteiger partial charge on any atom is -0.391 e. The number of aliphatic hydroxyl groups excluding tert-OH is 1. The maximum absolute atomic E-state index is 10.1. The third-order valence-electron chi connectivity index (χ3n) is 2.67. The van der Waals surface area contributed by atoms with Crippen LogP contribution >= 0.6 is 0 Å². The quantitative estimate of drug-likeness (QED) is 0.727. The highest BCUT2D eigenvalue weighted by atomic mass is 16.5. The maximum atomic E-state index is 10.1. The van der Waals surface area contributed by atoms with Crippen LogP contribution in [0.2, 0.25) is 0 Å². The molecular weight excluding hydrogens is 202 g/mol. The SMILES string of the molecule is COCCN(CC(C)C)CC(O)C(C)(C)C. The first kappa shape index (κ1) is 15.9. The Morgan fingerprint density at radius 3 is 2.12 bits per heavy atom. The lowest BCUT2D eigenvalue weighted by Crippen LogP contribution is -2.42. The molecule has 3 heteroatoms. The van der Waals surface area contributed by atoms with Crippen LogP contribution in [0.15, 0.2) is 0 Å². The van der Waals surface area contributed by atoms with Crippen molar-refractivity contribution in [3.63, 3.8) is 0 Å². The predicted octanol–water partition coefficient (Wildman–Crippen LogP) is 2.00. The second-order valence-electron chi connectivity index (χ2n) is 6.03. The number of ether oxygens (including phenoxy) is 1. The van der Waals surface area contributed by atoms with Gasteiger partial charge in [0, 0.05) is 26.7 Å². The Morgan fingerprint density at radius 1 is 1.19 bits per heavy atom. The van der Waals surface area contributed by atoms with Crippen molar-refractivity contribution in [2.24, 2.45) is 11.3 Å². The minimum absolute atomic E-state index is 0.0533. The Kier molecular flexibility index (Phi) is 7.20. The van der Waals surface area contributed by atoms with Gasteiger partial charge in [0.25, 0.3) is 0 Å². The first-order chi connectivity index (χ1) is 7.27. The van der Waals surface area contributed by atoms with Crippen LogP contribution in [0.4, 0.5) is 0 Å². The average molecular weight is 231 g/mol. The summed E-state index contributed by atoms with van der Waals surface area (Å²) < 4.78 is 5.10. The first-order valence-corrected chi connectivity index (χ1v) is 6.16. The van der Waals surface area contributed by atoms with Crippen LogP contribution < -0.4 is 0 Å². The standard InChI is InChI=1S/C13H29NO2/c1-11(2)9-14(7-8-16-6)10-12(15)13(3,4)5/h11-12,15H,7-10H2,1-6H3. The van der Waals surface area contributed by atoms with Crippen LogP contribution in [0.1, 0.15) is 34.6 Å². The van der Waals surface area contributed by atoms with Gasteiger partial charge in [-0.3, -0.25) is 4.90 Å². The van der Waals surface area contributed by atoms with E-state index in [1.165, 1.54) is 0 Å². The summed E-state index contributed by atoms with van der Waals surface area (Å²) >= 11 is 0. The molecule has 0 rings (SSSR count). The smallest absolute Gasteiger partial charge is 0.0715 e. The molecule has 1 unspecified atom stereocenters. The number of hydrogen-bond acceptors (Lipinski definition) is 3. The number of hydrogen-bond donors (Lipinski definition) is 1. The van der Waals surface area contributed by atoms with Gasteiger partial charge in [0.15, 0.2) is 0 Å². The summed E-state index contributed by atoms with van der Waals surface area (Å²) in [6, 6.07) is 0. The van der Waals surface area contributed by atoms with Crippen LogP contribution in [0.3, 0.4) is 0 Å². The van der Waals surface area contributed by atoms with Gasteiger partial charge >= 0.3 is 0 Å². The topological polar surface area (TPSA) is 32.7 Å². The lowest BCUT2D eigenvalue weighted by atomic mass is 9.89. The fraction of sp³-hybridized carbons (Fsp3) is 1.00. The monoisotopic (exact) mass is 231 g/mol. The molecule has 16 heavy (non-hydrogen) atoms. The zero-order valence-electron chi connectivity index (χ0n) is 11.8. The molecule has 0 amide bonds. The number of aliphatic hydroxyl groups is 1. The van der Waals surface area contributed by atoms with Gasteiger partial charge in [-0.15, -0.1) is 0 Å². The summed E-state index contributed by atoms with van der Waals surface area (Å²) in [5.74, 6) is 0.615. The van der Waals surface area contributed by atoms with Crippen molar-refractivity contribution in [2.45, 2.75) is 40.7 Å². The molecule has 1 N–H and O–H groups in total. The fourth-order valence-corrected chi connectivity index (χ4v) is 1.51. The molecule has 0 aliphatic heterocycles. The van der Waals surface area contributed by atoms with Gasteiger partial charge in [0.2, 0.25) is 0 Å². The van der Waals surface area contributed by atoms with Crippen LogP contribution in [-0.2, 0) is 4.74 Å². The van der Waals surface area contributed by atoms with Gasteiger partial charge in [-0.25, -0.2) is 0 Å². The summed E-state index contributed by atoms with van der Waals surface area (Å²) in [4.78, 5) is 2.28. The summed E-state index contributed by atoms with van der Waals surface area (Å²) in [5, 5.41) is 10.1. The van der Waals surface area contributed by atoms with Crippen molar-refractivity contribution < 1.29 is 9.84 Å². The highest BCUT2D eigenvalue weighted by Gasteiger charge is 2.24. The molecule has 0 aromatic carbocycles. The Balaban J connectivity index is 4.18. The number of nitrogens with zero attached hydrogens (tertiary/aromatic N) is 1. The second-order valence-corrected chi connectivity index (χ2v) is 6.03. The molecule has 3 nitrogen and oxygen atoms in total. The van der Waals surface area contributed by atoms with Crippen molar-refractivity contribution in [3.8, 4) is 0 Å². The summed E-state index contributed by atoms with van der Waals surface area (Å²) in [6.45, 7) is 14.0. The first-order valence-electron chi connectivity index (χ1n) is 6.16. The maximum Gasteiger partial charge on any atom is 0.0715 e. The van der Waals surface area contributed by atoms with Gasteiger partial charge < -0.3 is 9.84 Å². The molecule has 0 spiro atoms. The van der Waals surface area contributed by atoms with E-state index >= 15 is 0 Å². The van der Waals surface area contributed by atoms with Crippen molar-refractivity contribution in [1.29, 1.82) is 0 Å². The molecule has 0 aliphatic rings. The van der Waals surface area contributed by atoms with Crippen LogP contribution in [-0.4, -0.2) is 49.5 Å². The van der Waals surface area contributed by atoms with E-state index in [4.69, 9.17) is 4.74 Å². The fourth-order valence-electron chi connectivity index (χ4n) is 1.51. The van der Waals surface area contributed by atoms with E-state index in [-0.39, 0.29) is 11.5 Å². The van der Waals surface area contributed by atoms with Crippen molar-refractivity contribution in [2.75, 3.05) is 33.4 Å². The lowest BCUT2D eigenvalue weighted by Gasteiger charge is -2.32. The highest BCUT2D eigenvalue weighted by molar-refractivity contribution is 4.76. The predicted molar refractivity (Wildman–Crippen MR) is 68.6 cm³/mol. The Bertz CT molecular complexity index is 175. The van der Waals surface area contributed by atoms with E-state index in [0.717, 1.165) is 26.2 Å². The van der Waals surface area contributed by atoms with Gasteiger partial charge in [-0.2, -0.15) is 0 Å². The Morgan fingerprint density at radius 2 is 1.75 bits per heavy atom. The number of rotatable bonds is 7. The summed E-state index contributed by atoms with van der Waals surface area (Å²) in [5.41, 5.74) is -0.0533. The van der Waals surface area contributed by atoms with Crippen molar-refractivity contribution >= 4 is 0 Å². The minimum atomic E-state index is -0.289. The van der Waals surface area contributed by atoms with E-state index in [1.807, 2.05) is 0 Å². The highest BCUT2D eigenvalue weighted by Crippen LogP contribution is 2.20. The third kappa shape index (κ3) is 7.20. The zero-order valence-corrected chi connectivity index (χ0v) is 11.8. The molecule has 0 radical (unpaired) electrons. The molecule has 0 bridgehead atoms. The second kappa shape index (κ2) is 7.25. The zero-order chi connectivity index (χ0) is 12.8. The lowest BCUT2D eigenvalue weighted by molar-refractivity contribution is 0.0184. The van der Waals surface area contributed by atoms with Crippen LogP contribution in [0, 0.1) is 11.3 Å². The molecule has 0 heterocycles.